The summed E-state index contributed by atoms with van der Waals surface area (Å²) in [6.45, 7) is 5.14. The van der Waals surface area contributed by atoms with Crippen LogP contribution < -0.4 is 4.74 Å². The summed E-state index contributed by atoms with van der Waals surface area (Å²) >= 11 is 0. The molecule has 0 amide bonds. The second-order valence-corrected chi connectivity index (χ2v) is 9.28. The van der Waals surface area contributed by atoms with Crippen molar-refractivity contribution >= 4 is 0 Å². The lowest BCUT2D eigenvalue weighted by molar-refractivity contribution is -0.0204. The maximum absolute atomic E-state index is 11.3. The Kier molecular flexibility index (Phi) is 6.01. The van der Waals surface area contributed by atoms with Crippen LogP contribution in [0.4, 0.5) is 0 Å². The molecule has 1 saturated heterocycles. The Morgan fingerprint density at radius 2 is 1.59 bits per heavy atom. The fourth-order valence-electron chi connectivity index (χ4n) is 4.84. The molecule has 4 heteroatoms. The van der Waals surface area contributed by atoms with Gasteiger partial charge >= 0.3 is 0 Å². The highest BCUT2D eigenvalue weighted by molar-refractivity contribution is 5.63. The van der Waals surface area contributed by atoms with Gasteiger partial charge in [-0.25, -0.2) is 0 Å². The van der Waals surface area contributed by atoms with Gasteiger partial charge in [0.05, 0.1) is 5.60 Å². The van der Waals surface area contributed by atoms with Crippen molar-refractivity contribution in [1.29, 1.82) is 0 Å². The van der Waals surface area contributed by atoms with Crippen molar-refractivity contribution in [1.82, 2.24) is 9.80 Å². The average Bonchev–Trinajstić information content (AvgIpc) is 3.03. The first-order chi connectivity index (χ1) is 15.6. The minimum absolute atomic E-state index is 0.684. The third-order valence-electron chi connectivity index (χ3n) is 6.94. The second-order valence-electron chi connectivity index (χ2n) is 9.28. The van der Waals surface area contributed by atoms with Gasteiger partial charge in [0.25, 0.3) is 0 Å². The fourth-order valence-corrected chi connectivity index (χ4v) is 4.84. The maximum Gasteiger partial charge on any atom is 0.123 e. The van der Waals surface area contributed by atoms with Crippen LogP contribution in [-0.4, -0.2) is 48.2 Å². The lowest BCUT2D eigenvalue weighted by Gasteiger charge is -2.37. The number of aliphatic hydroxyl groups is 1. The van der Waals surface area contributed by atoms with Gasteiger partial charge in [-0.05, 0) is 54.3 Å². The first-order valence-corrected chi connectivity index (χ1v) is 11.6. The molecule has 0 atom stereocenters. The van der Waals surface area contributed by atoms with Crippen LogP contribution in [0.25, 0.3) is 11.1 Å². The zero-order valence-corrected chi connectivity index (χ0v) is 18.8. The highest BCUT2D eigenvalue weighted by atomic mass is 16.5. The zero-order chi connectivity index (χ0) is 22.0. The Hall–Kier alpha value is -2.66. The smallest absolute Gasteiger partial charge is 0.123 e. The molecule has 5 rings (SSSR count). The van der Waals surface area contributed by atoms with Crippen molar-refractivity contribution < 1.29 is 9.84 Å². The van der Waals surface area contributed by atoms with Crippen LogP contribution in [0.2, 0.25) is 0 Å². The fraction of sp³-hybridized carbons (Fsp3) is 0.357. The van der Waals surface area contributed by atoms with Crippen LogP contribution in [0.5, 0.6) is 5.75 Å². The van der Waals surface area contributed by atoms with E-state index in [9.17, 15) is 5.11 Å². The number of ether oxygens (including phenoxy) is 1. The van der Waals surface area contributed by atoms with Crippen molar-refractivity contribution in [2.75, 3.05) is 33.3 Å². The molecule has 0 aromatic heterocycles. The Morgan fingerprint density at radius 1 is 0.875 bits per heavy atom. The molecule has 0 unspecified atom stereocenters. The molecule has 32 heavy (non-hydrogen) atoms. The van der Waals surface area contributed by atoms with Crippen LogP contribution in [0, 0.1) is 0 Å². The Morgan fingerprint density at radius 3 is 2.34 bits per heavy atom. The van der Waals surface area contributed by atoms with Gasteiger partial charge in [-0.15, -0.1) is 0 Å². The Labute approximate surface area is 191 Å². The van der Waals surface area contributed by atoms with E-state index in [4.69, 9.17) is 4.74 Å². The van der Waals surface area contributed by atoms with Crippen LogP contribution in [0.1, 0.15) is 29.5 Å². The summed E-state index contributed by atoms with van der Waals surface area (Å²) in [5, 5.41) is 11.3. The van der Waals surface area contributed by atoms with E-state index in [1.165, 1.54) is 22.3 Å². The molecule has 3 aromatic rings. The number of fused-ring (bicyclic) bond motifs is 1. The summed E-state index contributed by atoms with van der Waals surface area (Å²) in [5.74, 6) is 0.951. The van der Waals surface area contributed by atoms with Gasteiger partial charge in [-0.1, -0.05) is 60.7 Å². The minimum Gasteiger partial charge on any atom is -0.492 e. The third kappa shape index (κ3) is 4.58. The molecule has 4 nitrogen and oxygen atoms in total. The van der Waals surface area contributed by atoms with E-state index in [1.807, 2.05) is 6.07 Å². The number of likely N-dealkylation sites (tertiary alicyclic amines) is 1. The molecule has 0 aliphatic carbocycles. The molecule has 0 radical (unpaired) electrons. The predicted octanol–water partition coefficient (Wildman–Crippen LogP) is 4.66. The van der Waals surface area contributed by atoms with Crippen molar-refractivity contribution in [2.45, 2.75) is 31.5 Å². The van der Waals surface area contributed by atoms with Crippen molar-refractivity contribution in [3.05, 3.63) is 89.5 Å². The highest BCUT2D eigenvalue weighted by Crippen LogP contribution is 2.36. The monoisotopic (exact) mass is 428 g/mol. The summed E-state index contributed by atoms with van der Waals surface area (Å²) in [5.41, 5.74) is 5.27. The van der Waals surface area contributed by atoms with E-state index in [0.29, 0.717) is 6.61 Å². The van der Waals surface area contributed by atoms with E-state index < -0.39 is 5.60 Å². The number of benzene rings is 3. The minimum atomic E-state index is -0.730. The van der Waals surface area contributed by atoms with Gasteiger partial charge in [-0.3, -0.25) is 4.90 Å². The molecular formula is C28H32N2O2. The highest BCUT2D eigenvalue weighted by Gasteiger charge is 2.33. The maximum atomic E-state index is 11.3. The number of rotatable bonds is 4. The van der Waals surface area contributed by atoms with Gasteiger partial charge in [-0.2, -0.15) is 0 Å². The lowest BCUT2D eigenvalue weighted by atomic mass is 9.84. The van der Waals surface area contributed by atoms with Gasteiger partial charge < -0.3 is 14.7 Å². The molecule has 0 saturated carbocycles. The second kappa shape index (κ2) is 9.07. The average molecular weight is 429 g/mol. The quantitative estimate of drug-likeness (QED) is 0.656. The summed E-state index contributed by atoms with van der Waals surface area (Å²) < 4.78 is 6.05. The van der Waals surface area contributed by atoms with Gasteiger partial charge in [0, 0.05) is 38.3 Å². The molecule has 1 fully saturated rings. The number of piperidine rings is 1. The molecule has 2 aliphatic rings. The van der Waals surface area contributed by atoms with Crippen LogP contribution in [0.15, 0.2) is 72.8 Å². The van der Waals surface area contributed by atoms with Crippen molar-refractivity contribution in [2.24, 2.45) is 0 Å². The number of nitrogens with zero attached hydrogens (tertiary/aromatic N) is 2. The van der Waals surface area contributed by atoms with Crippen LogP contribution >= 0.6 is 0 Å². The molecule has 2 aliphatic heterocycles. The van der Waals surface area contributed by atoms with E-state index in [2.05, 4.69) is 83.6 Å². The van der Waals surface area contributed by atoms with E-state index in [1.54, 1.807) is 0 Å². The largest absolute Gasteiger partial charge is 0.492 e. The third-order valence-corrected chi connectivity index (χ3v) is 6.94. The molecule has 3 aromatic carbocycles. The normalized spacial score (nSPS) is 19.1. The standard InChI is InChI=1S/C28H32N2O2/c1-29-15-13-28(31,14-16-29)26-11-12-27-25(19-26)21-30(17-18-32-27)20-22-7-9-24(10-8-22)23-5-3-2-4-6-23/h2-12,19,31H,13-18,20-21H2,1H3. The van der Waals surface area contributed by atoms with E-state index in [0.717, 1.165) is 56.9 Å². The van der Waals surface area contributed by atoms with E-state index >= 15 is 0 Å². The Balaban J connectivity index is 1.31. The molecule has 0 bridgehead atoms. The predicted molar refractivity (Wildman–Crippen MR) is 129 cm³/mol. The summed E-state index contributed by atoms with van der Waals surface area (Å²) in [6, 6.07) is 25.7. The molecule has 1 N–H and O–H groups in total. The van der Waals surface area contributed by atoms with Gasteiger partial charge in [0.1, 0.15) is 12.4 Å². The van der Waals surface area contributed by atoms with Crippen molar-refractivity contribution in [3.8, 4) is 16.9 Å². The zero-order valence-electron chi connectivity index (χ0n) is 18.8. The molecule has 0 spiro atoms. The SMILES string of the molecule is CN1CCC(O)(c2ccc3c(c2)CN(Cc2ccc(-c4ccccc4)cc2)CCO3)CC1. The number of hydrogen-bond donors (Lipinski definition) is 1. The Bertz CT molecular complexity index is 1040. The van der Waals surface area contributed by atoms with Crippen molar-refractivity contribution in [3.63, 3.8) is 0 Å². The summed E-state index contributed by atoms with van der Waals surface area (Å²) in [6.07, 6.45) is 1.56. The van der Waals surface area contributed by atoms with Crippen LogP contribution in [0.3, 0.4) is 0 Å². The topological polar surface area (TPSA) is 35.9 Å². The summed E-state index contributed by atoms with van der Waals surface area (Å²) in [7, 11) is 2.12. The van der Waals surface area contributed by atoms with E-state index in [-0.39, 0.29) is 0 Å². The molecule has 2 heterocycles. The van der Waals surface area contributed by atoms with Gasteiger partial charge in [0.2, 0.25) is 0 Å². The van der Waals surface area contributed by atoms with Crippen LogP contribution in [-0.2, 0) is 18.7 Å². The van der Waals surface area contributed by atoms with Gasteiger partial charge in [0.15, 0.2) is 0 Å². The first-order valence-electron chi connectivity index (χ1n) is 11.6. The molecule has 166 valence electrons. The lowest BCUT2D eigenvalue weighted by Crippen LogP contribution is -2.40. The number of hydrogen-bond acceptors (Lipinski definition) is 4. The first kappa shape index (κ1) is 21.2. The summed E-state index contributed by atoms with van der Waals surface area (Å²) in [4.78, 5) is 4.72. The molecular weight excluding hydrogens is 396 g/mol.